The molecular weight excluding hydrogens is 212 g/mol. The summed E-state index contributed by atoms with van der Waals surface area (Å²) in [6.45, 7) is 8.48. The molecule has 0 bridgehead atoms. The van der Waals surface area contributed by atoms with Gasteiger partial charge in [-0.1, -0.05) is 27.2 Å². The van der Waals surface area contributed by atoms with E-state index in [4.69, 9.17) is 0 Å². The second-order valence-corrected chi connectivity index (χ2v) is 6.44. The summed E-state index contributed by atoms with van der Waals surface area (Å²) in [7, 11) is 0. The van der Waals surface area contributed by atoms with Crippen molar-refractivity contribution in [3.63, 3.8) is 0 Å². The van der Waals surface area contributed by atoms with Crippen LogP contribution in [0, 0.1) is 5.41 Å². The van der Waals surface area contributed by atoms with Gasteiger partial charge in [-0.2, -0.15) is 0 Å². The van der Waals surface area contributed by atoms with Crippen molar-refractivity contribution in [3.8, 4) is 0 Å². The van der Waals surface area contributed by atoms with Crippen LogP contribution < -0.4 is 5.32 Å². The van der Waals surface area contributed by atoms with Gasteiger partial charge in [-0.3, -0.25) is 4.79 Å². The van der Waals surface area contributed by atoms with E-state index in [1.807, 2.05) is 0 Å². The van der Waals surface area contributed by atoms with E-state index in [1.54, 1.807) is 0 Å². The fraction of sp³-hybridized carbons (Fsp3) is 0.929. The molecule has 1 saturated carbocycles. The highest BCUT2D eigenvalue weighted by Crippen LogP contribution is 2.41. The number of carbonyl (C=O) groups excluding carboxylic acids is 1. The summed E-state index contributed by atoms with van der Waals surface area (Å²) in [5, 5.41) is 3.39. The van der Waals surface area contributed by atoms with E-state index in [0.717, 1.165) is 25.9 Å². The highest BCUT2D eigenvalue weighted by atomic mass is 16.2. The van der Waals surface area contributed by atoms with Crippen molar-refractivity contribution in [3.05, 3.63) is 0 Å². The van der Waals surface area contributed by atoms with Crippen LogP contribution >= 0.6 is 0 Å². The van der Waals surface area contributed by atoms with Crippen LogP contribution in [0.5, 0.6) is 0 Å². The summed E-state index contributed by atoms with van der Waals surface area (Å²) in [4.78, 5) is 14.4. The summed E-state index contributed by atoms with van der Waals surface area (Å²) in [6.07, 6.45) is 6.07. The molecule has 1 saturated heterocycles. The molecule has 0 spiro atoms. The van der Waals surface area contributed by atoms with E-state index in [0.29, 0.717) is 17.4 Å². The lowest BCUT2D eigenvalue weighted by molar-refractivity contribution is -0.138. The fourth-order valence-electron chi connectivity index (χ4n) is 3.05. The zero-order chi connectivity index (χ0) is 12.5. The number of hydrogen-bond acceptors (Lipinski definition) is 2. The third-order valence-electron chi connectivity index (χ3n) is 4.20. The molecule has 0 radical (unpaired) electrons. The topological polar surface area (TPSA) is 32.3 Å². The zero-order valence-corrected chi connectivity index (χ0v) is 11.5. The minimum Gasteiger partial charge on any atom is -0.341 e. The maximum absolute atomic E-state index is 12.3. The molecule has 17 heavy (non-hydrogen) atoms. The number of piperidine rings is 1. The van der Waals surface area contributed by atoms with Crippen LogP contribution in [-0.4, -0.2) is 36.0 Å². The smallest absolute Gasteiger partial charge is 0.239 e. The molecule has 1 unspecified atom stereocenters. The molecule has 1 N–H and O–H groups in total. The van der Waals surface area contributed by atoms with Crippen LogP contribution in [0.1, 0.15) is 52.9 Å². The van der Waals surface area contributed by atoms with Crippen LogP contribution in [-0.2, 0) is 4.79 Å². The van der Waals surface area contributed by atoms with Crippen molar-refractivity contribution in [1.29, 1.82) is 0 Å². The van der Waals surface area contributed by atoms with E-state index in [-0.39, 0.29) is 6.04 Å². The van der Waals surface area contributed by atoms with Gasteiger partial charge in [0.1, 0.15) is 0 Å². The second-order valence-electron chi connectivity index (χ2n) is 6.44. The van der Waals surface area contributed by atoms with Crippen LogP contribution in [0.4, 0.5) is 0 Å². The first-order valence-electron chi connectivity index (χ1n) is 7.05. The van der Waals surface area contributed by atoms with Crippen LogP contribution in [0.15, 0.2) is 0 Å². The van der Waals surface area contributed by atoms with Crippen molar-refractivity contribution < 1.29 is 4.79 Å². The number of hydrogen-bond donors (Lipinski definition) is 1. The molecule has 0 aromatic carbocycles. The van der Waals surface area contributed by atoms with Gasteiger partial charge in [0.05, 0.1) is 6.04 Å². The van der Waals surface area contributed by atoms with Crippen molar-refractivity contribution in [2.75, 3.05) is 13.1 Å². The second kappa shape index (κ2) is 4.97. The largest absolute Gasteiger partial charge is 0.341 e. The number of rotatable bonds is 4. The number of carbonyl (C=O) groups is 1. The standard InChI is InChI=1S/C14H26N2O/c1-11(2)15-12-6-4-9-16(13(12)17)10-14(3)7-5-8-14/h11-12,15H,4-10H2,1-3H3. The van der Waals surface area contributed by atoms with E-state index >= 15 is 0 Å². The zero-order valence-electron chi connectivity index (χ0n) is 11.5. The van der Waals surface area contributed by atoms with E-state index in [1.165, 1.54) is 19.3 Å². The Bertz CT molecular complexity index is 284. The minimum atomic E-state index is 0.0624. The summed E-state index contributed by atoms with van der Waals surface area (Å²) >= 11 is 0. The summed E-state index contributed by atoms with van der Waals surface area (Å²) in [5.41, 5.74) is 0.412. The SMILES string of the molecule is CC(C)NC1CCCN(CC2(C)CCC2)C1=O. The monoisotopic (exact) mass is 238 g/mol. The number of likely N-dealkylation sites (tertiary alicyclic amines) is 1. The highest BCUT2D eigenvalue weighted by molar-refractivity contribution is 5.82. The van der Waals surface area contributed by atoms with Gasteiger partial charge in [0, 0.05) is 19.1 Å². The van der Waals surface area contributed by atoms with Gasteiger partial charge < -0.3 is 10.2 Å². The minimum absolute atomic E-state index is 0.0624. The van der Waals surface area contributed by atoms with Crippen LogP contribution in [0.25, 0.3) is 0 Å². The van der Waals surface area contributed by atoms with Crippen molar-refractivity contribution >= 4 is 5.91 Å². The molecule has 1 amide bonds. The first kappa shape index (κ1) is 12.9. The summed E-state index contributed by atoms with van der Waals surface area (Å²) in [5.74, 6) is 0.332. The lowest BCUT2D eigenvalue weighted by atomic mass is 9.70. The fourth-order valence-corrected chi connectivity index (χ4v) is 3.05. The molecule has 1 aliphatic heterocycles. The lowest BCUT2D eigenvalue weighted by Gasteiger charge is -2.44. The third-order valence-corrected chi connectivity index (χ3v) is 4.20. The molecule has 3 nitrogen and oxygen atoms in total. The normalized spacial score (nSPS) is 28.4. The quantitative estimate of drug-likeness (QED) is 0.814. The maximum Gasteiger partial charge on any atom is 0.239 e. The molecular formula is C14H26N2O. The Hall–Kier alpha value is -0.570. The predicted molar refractivity (Wildman–Crippen MR) is 69.8 cm³/mol. The van der Waals surface area contributed by atoms with Gasteiger partial charge in [0.25, 0.3) is 0 Å². The van der Waals surface area contributed by atoms with Gasteiger partial charge in [0.15, 0.2) is 0 Å². The molecule has 98 valence electrons. The van der Waals surface area contributed by atoms with Gasteiger partial charge in [-0.05, 0) is 31.1 Å². The average molecular weight is 238 g/mol. The Labute approximate surface area is 105 Å². The molecule has 1 heterocycles. The molecule has 0 aromatic rings. The van der Waals surface area contributed by atoms with E-state index in [9.17, 15) is 4.79 Å². The Morgan fingerprint density at radius 3 is 2.65 bits per heavy atom. The Kier molecular flexibility index (Phi) is 3.76. The molecule has 2 fully saturated rings. The van der Waals surface area contributed by atoms with Gasteiger partial charge >= 0.3 is 0 Å². The first-order valence-corrected chi connectivity index (χ1v) is 7.05. The van der Waals surface area contributed by atoms with E-state index in [2.05, 4.69) is 31.0 Å². The predicted octanol–water partition coefficient (Wildman–Crippen LogP) is 2.17. The van der Waals surface area contributed by atoms with Gasteiger partial charge in [0.2, 0.25) is 5.91 Å². The van der Waals surface area contributed by atoms with E-state index < -0.39 is 0 Å². The Balaban J connectivity index is 1.91. The molecule has 2 aliphatic rings. The summed E-state index contributed by atoms with van der Waals surface area (Å²) < 4.78 is 0. The molecule has 1 atom stereocenters. The summed E-state index contributed by atoms with van der Waals surface area (Å²) in [6, 6.07) is 0.454. The Morgan fingerprint density at radius 1 is 1.41 bits per heavy atom. The molecule has 2 rings (SSSR count). The molecule has 0 aromatic heterocycles. The first-order chi connectivity index (χ1) is 8.00. The van der Waals surface area contributed by atoms with Crippen molar-refractivity contribution in [2.24, 2.45) is 5.41 Å². The maximum atomic E-state index is 12.3. The average Bonchev–Trinajstić information content (AvgIpc) is 2.21. The van der Waals surface area contributed by atoms with Crippen molar-refractivity contribution in [2.45, 2.75) is 65.0 Å². The van der Waals surface area contributed by atoms with Gasteiger partial charge in [-0.25, -0.2) is 0 Å². The third kappa shape index (κ3) is 3.01. The number of amides is 1. The van der Waals surface area contributed by atoms with Crippen LogP contribution in [0.2, 0.25) is 0 Å². The Morgan fingerprint density at radius 2 is 2.12 bits per heavy atom. The highest BCUT2D eigenvalue weighted by Gasteiger charge is 2.37. The number of nitrogens with one attached hydrogen (secondary N) is 1. The van der Waals surface area contributed by atoms with Crippen molar-refractivity contribution in [1.82, 2.24) is 10.2 Å². The molecule has 1 aliphatic carbocycles. The lowest BCUT2D eigenvalue weighted by Crippen LogP contribution is -2.55. The van der Waals surface area contributed by atoms with Gasteiger partial charge in [-0.15, -0.1) is 0 Å². The number of nitrogens with zero attached hydrogens (tertiary/aromatic N) is 1. The molecule has 3 heteroatoms. The van der Waals surface area contributed by atoms with Crippen LogP contribution in [0.3, 0.4) is 0 Å².